The van der Waals surface area contributed by atoms with E-state index in [0.717, 1.165) is 49.0 Å². The van der Waals surface area contributed by atoms with Crippen molar-refractivity contribution in [3.05, 3.63) is 20.9 Å². The molecule has 10 heteroatoms. The molecule has 178 valence electrons. The van der Waals surface area contributed by atoms with E-state index in [0.29, 0.717) is 55.4 Å². The summed E-state index contributed by atoms with van der Waals surface area (Å²) in [6.45, 7) is 3.02. The summed E-state index contributed by atoms with van der Waals surface area (Å²) in [5.74, 6) is 1.45. The predicted molar refractivity (Wildman–Crippen MR) is 128 cm³/mol. The number of aliphatic imine (C=N–C) groups is 1. The van der Waals surface area contributed by atoms with Gasteiger partial charge in [0, 0.05) is 35.2 Å². The smallest absolute Gasteiger partial charge is 0.343 e. The molecule has 3 aliphatic carbocycles. The van der Waals surface area contributed by atoms with Gasteiger partial charge in [-0.3, -0.25) is 14.6 Å². The van der Waals surface area contributed by atoms with Crippen LogP contribution in [0.15, 0.2) is 9.39 Å². The van der Waals surface area contributed by atoms with Gasteiger partial charge in [0.05, 0.1) is 11.3 Å². The number of fused-ring (bicyclic) bond motifs is 1. The second kappa shape index (κ2) is 8.94. The first kappa shape index (κ1) is 22.7. The number of hydrogen-bond acceptors (Lipinski definition) is 6. The summed E-state index contributed by atoms with van der Waals surface area (Å²) in [5.41, 5.74) is 2.23. The number of amides is 1. The second-order valence-corrected chi connectivity index (χ2v) is 12.2. The van der Waals surface area contributed by atoms with Gasteiger partial charge >= 0.3 is 10.2 Å². The maximum absolute atomic E-state index is 13.2. The normalized spacial score (nSPS) is 24.8. The van der Waals surface area contributed by atoms with Crippen LogP contribution in [-0.4, -0.2) is 44.7 Å². The molecule has 1 aromatic heterocycles. The van der Waals surface area contributed by atoms with E-state index >= 15 is 0 Å². The fraction of sp³-hybridized carbons (Fsp3) is 0.652. The van der Waals surface area contributed by atoms with Crippen LogP contribution < -0.4 is 10.0 Å². The molecule has 2 N–H and O–H groups in total. The average molecular weight is 491 g/mol. The Kier molecular flexibility index (Phi) is 6.15. The van der Waals surface area contributed by atoms with Gasteiger partial charge in [-0.2, -0.15) is 8.42 Å². The van der Waals surface area contributed by atoms with E-state index in [1.54, 1.807) is 11.3 Å². The molecule has 4 aliphatic rings. The van der Waals surface area contributed by atoms with E-state index in [1.807, 2.05) is 6.92 Å². The minimum Gasteiger partial charge on any atom is -0.352 e. The molecule has 33 heavy (non-hydrogen) atoms. The molecule has 0 saturated heterocycles. The first-order valence-corrected chi connectivity index (χ1v) is 14.2. The molecule has 1 unspecified atom stereocenters. The van der Waals surface area contributed by atoms with Crippen LogP contribution in [0.1, 0.15) is 71.1 Å². The zero-order valence-corrected chi connectivity index (χ0v) is 20.5. The van der Waals surface area contributed by atoms with Crippen molar-refractivity contribution < 1.29 is 18.0 Å². The highest BCUT2D eigenvalue weighted by molar-refractivity contribution is 7.89. The number of carbonyl (C=O) groups excluding carboxylic acids is 2. The number of Topliss-reactive ketones (excluding diaryl/α,β-unsaturated/α-hetero) is 1. The van der Waals surface area contributed by atoms with Crippen molar-refractivity contribution in [3.63, 3.8) is 0 Å². The van der Waals surface area contributed by atoms with Gasteiger partial charge in [-0.1, -0.05) is 0 Å². The molecule has 1 aromatic rings. The number of hydrogen-bond donors (Lipinski definition) is 2. The molecule has 5 rings (SSSR count). The van der Waals surface area contributed by atoms with E-state index in [9.17, 15) is 18.0 Å². The maximum Gasteiger partial charge on any atom is 0.343 e. The molecule has 1 amide bonds. The lowest BCUT2D eigenvalue weighted by Gasteiger charge is -2.23. The van der Waals surface area contributed by atoms with E-state index in [-0.39, 0.29) is 23.5 Å². The van der Waals surface area contributed by atoms with Gasteiger partial charge in [0.25, 0.3) is 5.91 Å². The Morgan fingerprint density at radius 1 is 1.18 bits per heavy atom. The van der Waals surface area contributed by atoms with Crippen molar-refractivity contribution in [2.24, 2.45) is 27.1 Å². The fourth-order valence-electron chi connectivity index (χ4n) is 4.71. The van der Waals surface area contributed by atoms with Crippen LogP contribution in [-0.2, 0) is 34.3 Å². The standard InChI is InChI=1S/C23H30N4O4S2/c1-2-24-22-17(26-33(30,31)27-22)10-14-5-8-19-16(9-14)21(23(29)25-12-13-3-4-13)20(32-19)11-18(28)15-6-7-15/h13-15H,2-12H2,1H3,(H,24,27)(H,25,29). The number of nitrogens with one attached hydrogen (secondary N) is 2. The number of rotatable bonds is 9. The second-order valence-electron chi connectivity index (χ2n) is 9.62. The Balaban J connectivity index is 1.38. The molecule has 2 heterocycles. The molecule has 0 bridgehead atoms. The third-order valence-corrected chi connectivity index (χ3v) is 9.01. The summed E-state index contributed by atoms with van der Waals surface area (Å²) in [4.78, 5) is 32.2. The fourth-order valence-corrected chi connectivity index (χ4v) is 6.99. The minimum absolute atomic E-state index is 0.0608. The zero-order chi connectivity index (χ0) is 23.2. The molecule has 0 spiro atoms. The van der Waals surface area contributed by atoms with Crippen molar-refractivity contribution in [2.75, 3.05) is 13.1 Å². The minimum atomic E-state index is -3.71. The highest BCUT2D eigenvalue weighted by Crippen LogP contribution is 2.40. The molecule has 8 nitrogen and oxygen atoms in total. The summed E-state index contributed by atoms with van der Waals surface area (Å²) in [5, 5.41) is 3.10. The van der Waals surface area contributed by atoms with Gasteiger partial charge in [0.2, 0.25) is 0 Å². The molecule has 2 saturated carbocycles. The summed E-state index contributed by atoms with van der Waals surface area (Å²) >= 11 is 1.62. The van der Waals surface area contributed by atoms with Crippen molar-refractivity contribution >= 4 is 44.8 Å². The van der Waals surface area contributed by atoms with Crippen molar-refractivity contribution in [2.45, 2.75) is 64.7 Å². The van der Waals surface area contributed by atoms with Gasteiger partial charge in [-0.15, -0.1) is 15.7 Å². The Morgan fingerprint density at radius 2 is 1.97 bits per heavy atom. The van der Waals surface area contributed by atoms with E-state index in [1.165, 1.54) is 4.88 Å². The van der Waals surface area contributed by atoms with Gasteiger partial charge in [0.15, 0.2) is 5.84 Å². The number of thiophene rings is 1. The lowest BCUT2D eigenvalue weighted by Crippen LogP contribution is -2.30. The van der Waals surface area contributed by atoms with Crippen LogP contribution in [0.5, 0.6) is 0 Å². The van der Waals surface area contributed by atoms with Crippen LogP contribution in [0.2, 0.25) is 0 Å². The van der Waals surface area contributed by atoms with Gasteiger partial charge < -0.3 is 5.32 Å². The van der Waals surface area contributed by atoms with E-state index < -0.39 is 10.2 Å². The molecule has 2 fully saturated rings. The van der Waals surface area contributed by atoms with Crippen LogP contribution in [0, 0.1) is 17.8 Å². The number of aryl methyl sites for hydroxylation is 1. The number of carbonyl (C=O) groups is 2. The third-order valence-electron chi connectivity index (χ3n) is 6.81. The third kappa shape index (κ3) is 5.21. The van der Waals surface area contributed by atoms with Crippen LogP contribution in [0.25, 0.3) is 0 Å². The topological polar surface area (TPSA) is 117 Å². The number of nitrogens with zero attached hydrogens (tertiary/aromatic N) is 2. The summed E-state index contributed by atoms with van der Waals surface area (Å²) < 4.78 is 30.2. The van der Waals surface area contributed by atoms with Crippen LogP contribution in [0.3, 0.4) is 0 Å². The quantitative estimate of drug-likeness (QED) is 0.553. The molecule has 1 aliphatic heterocycles. The lowest BCUT2D eigenvalue weighted by atomic mass is 9.82. The van der Waals surface area contributed by atoms with Crippen molar-refractivity contribution in [1.29, 1.82) is 0 Å². The highest BCUT2D eigenvalue weighted by atomic mass is 32.2. The molecule has 0 radical (unpaired) electrons. The molecule has 0 aromatic carbocycles. The Morgan fingerprint density at radius 3 is 2.67 bits per heavy atom. The molecular weight excluding hydrogens is 460 g/mol. The Bertz CT molecular complexity index is 1140. The Labute approximate surface area is 198 Å². The molecule has 1 atom stereocenters. The number of ketones is 1. The van der Waals surface area contributed by atoms with Gasteiger partial charge in [-0.25, -0.2) is 4.72 Å². The number of amidine groups is 1. The van der Waals surface area contributed by atoms with Crippen molar-refractivity contribution in [3.8, 4) is 0 Å². The van der Waals surface area contributed by atoms with Crippen LogP contribution >= 0.6 is 11.3 Å². The van der Waals surface area contributed by atoms with E-state index in [4.69, 9.17) is 0 Å². The first-order chi connectivity index (χ1) is 15.8. The Hall–Kier alpha value is -2.07. The summed E-state index contributed by atoms with van der Waals surface area (Å²) in [6.07, 6.45) is 7.53. The average Bonchev–Trinajstić information content (AvgIpc) is 3.67. The summed E-state index contributed by atoms with van der Waals surface area (Å²) in [6, 6.07) is 0. The monoisotopic (exact) mass is 490 g/mol. The zero-order valence-electron chi connectivity index (χ0n) is 18.9. The summed E-state index contributed by atoms with van der Waals surface area (Å²) in [7, 11) is -3.71. The van der Waals surface area contributed by atoms with E-state index in [2.05, 4.69) is 19.4 Å². The predicted octanol–water partition coefficient (Wildman–Crippen LogP) is 2.61. The van der Waals surface area contributed by atoms with Gasteiger partial charge in [-0.05, 0) is 75.7 Å². The lowest BCUT2D eigenvalue weighted by molar-refractivity contribution is -0.119. The highest BCUT2D eigenvalue weighted by Gasteiger charge is 2.35. The van der Waals surface area contributed by atoms with Crippen LogP contribution in [0.4, 0.5) is 0 Å². The largest absolute Gasteiger partial charge is 0.352 e. The maximum atomic E-state index is 13.2. The SMILES string of the molecule is CCN=C1NS(=O)(=O)N=C1CC1CCc2sc(CC(=O)C3CC3)c(C(=O)NCC3CC3)c2C1. The first-order valence-electron chi connectivity index (χ1n) is 11.9. The molecular formula is C23H30N4O4S2. The van der Waals surface area contributed by atoms with Gasteiger partial charge in [0.1, 0.15) is 5.78 Å². The van der Waals surface area contributed by atoms with Crippen molar-refractivity contribution in [1.82, 2.24) is 10.0 Å².